The lowest BCUT2D eigenvalue weighted by Crippen LogP contribution is -2.16. The summed E-state index contributed by atoms with van der Waals surface area (Å²) in [6, 6.07) is 0. The minimum Gasteiger partial charge on any atom is -0.460 e. The molecule has 0 aliphatic carbocycles. The van der Waals surface area contributed by atoms with Crippen molar-refractivity contribution < 1.29 is 19.1 Å². The van der Waals surface area contributed by atoms with Crippen LogP contribution in [0.2, 0.25) is 0 Å². The van der Waals surface area contributed by atoms with Crippen molar-refractivity contribution >= 4 is 11.9 Å². The van der Waals surface area contributed by atoms with Crippen LogP contribution in [0.3, 0.4) is 0 Å². The summed E-state index contributed by atoms with van der Waals surface area (Å²) in [6.45, 7) is 9.00. The van der Waals surface area contributed by atoms with Crippen molar-refractivity contribution in [3.05, 3.63) is 11.6 Å². The molecular formula is C13H22O4. The van der Waals surface area contributed by atoms with Gasteiger partial charge in [-0.15, -0.1) is 0 Å². The van der Waals surface area contributed by atoms with Crippen molar-refractivity contribution in [1.82, 2.24) is 0 Å². The lowest BCUT2D eigenvalue weighted by Gasteiger charge is -2.11. The van der Waals surface area contributed by atoms with E-state index in [-0.39, 0.29) is 12.2 Å². The van der Waals surface area contributed by atoms with Crippen LogP contribution in [0.4, 0.5) is 0 Å². The molecule has 0 fully saturated rings. The topological polar surface area (TPSA) is 52.6 Å². The van der Waals surface area contributed by atoms with Crippen molar-refractivity contribution in [3.8, 4) is 0 Å². The van der Waals surface area contributed by atoms with Gasteiger partial charge in [0, 0.05) is 11.6 Å². The molecule has 0 heterocycles. The van der Waals surface area contributed by atoms with E-state index in [0.717, 1.165) is 6.42 Å². The average Bonchev–Trinajstić information content (AvgIpc) is 2.14. The van der Waals surface area contributed by atoms with Crippen molar-refractivity contribution in [2.45, 2.75) is 59.7 Å². The zero-order valence-electron chi connectivity index (χ0n) is 11.3. The van der Waals surface area contributed by atoms with E-state index in [1.807, 2.05) is 6.92 Å². The third-order valence-electron chi connectivity index (χ3n) is 1.77. The molecule has 0 spiro atoms. The Kier molecular flexibility index (Phi) is 7.26. The van der Waals surface area contributed by atoms with E-state index in [9.17, 15) is 9.59 Å². The van der Waals surface area contributed by atoms with E-state index < -0.39 is 11.9 Å². The smallest absolute Gasteiger partial charge is 0.334 e. The molecule has 0 saturated heterocycles. The molecule has 0 saturated carbocycles. The van der Waals surface area contributed by atoms with Crippen LogP contribution >= 0.6 is 0 Å². The van der Waals surface area contributed by atoms with Crippen LogP contribution in [0.15, 0.2) is 11.6 Å². The molecule has 4 nitrogen and oxygen atoms in total. The quantitative estimate of drug-likeness (QED) is 0.530. The Morgan fingerprint density at radius 2 is 1.59 bits per heavy atom. The first kappa shape index (κ1) is 15.7. The maximum Gasteiger partial charge on any atom is 0.334 e. The molecule has 0 aromatic heterocycles. The maximum atomic E-state index is 11.7. The zero-order chi connectivity index (χ0) is 13.4. The standard InChI is InChI=1S/C13H22O4/c1-6-7-11(13(15)17-10(4)5)8-12(14)16-9(2)3/h8-10H,6-7H2,1-5H3. The van der Waals surface area contributed by atoms with Gasteiger partial charge in [0.1, 0.15) is 0 Å². The number of ether oxygens (including phenoxy) is 2. The largest absolute Gasteiger partial charge is 0.460 e. The number of esters is 2. The minimum absolute atomic E-state index is 0.191. The van der Waals surface area contributed by atoms with E-state index in [1.54, 1.807) is 27.7 Å². The van der Waals surface area contributed by atoms with Crippen LogP contribution < -0.4 is 0 Å². The Morgan fingerprint density at radius 1 is 1.06 bits per heavy atom. The SMILES string of the molecule is CCCC(=CC(=O)OC(C)C)C(=O)OC(C)C. The van der Waals surface area contributed by atoms with E-state index in [1.165, 1.54) is 6.08 Å². The predicted molar refractivity (Wildman–Crippen MR) is 65.4 cm³/mol. The first-order chi connectivity index (χ1) is 7.86. The number of carbonyl (C=O) groups excluding carboxylic acids is 2. The van der Waals surface area contributed by atoms with Gasteiger partial charge in [-0.1, -0.05) is 13.3 Å². The van der Waals surface area contributed by atoms with Gasteiger partial charge < -0.3 is 9.47 Å². The number of carbonyl (C=O) groups is 2. The van der Waals surface area contributed by atoms with Crippen molar-refractivity contribution in [2.24, 2.45) is 0 Å². The normalized spacial score (nSPS) is 11.8. The molecular weight excluding hydrogens is 220 g/mol. The highest BCUT2D eigenvalue weighted by molar-refractivity contribution is 5.96. The third-order valence-corrected chi connectivity index (χ3v) is 1.77. The lowest BCUT2D eigenvalue weighted by atomic mass is 10.1. The van der Waals surface area contributed by atoms with E-state index >= 15 is 0 Å². The molecule has 0 aliphatic heterocycles. The maximum absolute atomic E-state index is 11.7. The Hall–Kier alpha value is -1.32. The summed E-state index contributed by atoms with van der Waals surface area (Å²) in [5.74, 6) is -0.938. The second kappa shape index (κ2) is 7.87. The molecule has 0 unspecified atom stereocenters. The summed E-state index contributed by atoms with van der Waals surface area (Å²) in [7, 11) is 0. The molecule has 0 atom stereocenters. The summed E-state index contributed by atoms with van der Waals surface area (Å²) in [5, 5.41) is 0. The van der Waals surface area contributed by atoms with Gasteiger partial charge in [0.15, 0.2) is 0 Å². The van der Waals surface area contributed by atoms with Crippen LogP contribution in [0.1, 0.15) is 47.5 Å². The van der Waals surface area contributed by atoms with Gasteiger partial charge in [0.2, 0.25) is 0 Å². The Morgan fingerprint density at radius 3 is 2.00 bits per heavy atom. The summed E-state index contributed by atoms with van der Waals surface area (Å²) in [5.41, 5.74) is 0.367. The molecule has 0 aromatic carbocycles. The Labute approximate surface area is 103 Å². The molecule has 0 amide bonds. The molecule has 0 bridgehead atoms. The van der Waals surface area contributed by atoms with E-state index in [0.29, 0.717) is 12.0 Å². The van der Waals surface area contributed by atoms with E-state index in [4.69, 9.17) is 9.47 Å². The number of hydrogen-bond acceptors (Lipinski definition) is 4. The Bertz CT molecular complexity index is 290. The highest BCUT2D eigenvalue weighted by Crippen LogP contribution is 2.09. The summed E-state index contributed by atoms with van der Waals surface area (Å²) in [4.78, 5) is 23.1. The molecule has 0 aromatic rings. The molecule has 17 heavy (non-hydrogen) atoms. The third kappa shape index (κ3) is 7.55. The molecule has 0 rings (SSSR count). The molecule has 0 aliphatic rings. The second-order valence-electron chi connectivity index (χ2n) is 4.36. The molecule has 98 valence electrons. The van der Waals surface area contributed by atoms with Crippen molar-refractivity contribution in [1.29, 1.82) is 0 Å². The predicted octanol–water partition coefficient (Wildman–Crippen LogP) is 2.62. The first-order valence-corrected chi connectivity index (χ1v) is 5.99. The van der Waals surface area contributed by atoms with Crippen LogP contribution in [0.25, 0.3) is 0 Å². The summed E-state index contributed by atoms with van der Waals surface area (Å²) < 4.78 is 10.0. The minimum atomic E-state index is -0.496. The fraction of sp³-hybridized carbons (Fsp3) is 0.692. The van der Waals surface area contributed by atoms with Gasteiger partial charge >= 0.3 is 11.9 Å². The summed E-state index contributed by atoms with van der Waals surface area (Å²) in [6.07, 6.45) is 2.13. The monoisotopic (exact) mass is 242 g/mol. The summed E-state index contributed by atoms with van der Waals surface area (Å²) >= 11 is 0. The van der Waals surface area contributed by atoms with Gasteiger partial charge in [-0.3, -0.25) is 0 Å². The van der Waals surface area contributed by atoms with Crippen LogP contribution in [-0.2, 0) is 19.1 Å². The lowest BCUT2D eigenvalue weighted by molar-refractivity contribution is -0.145. The van der Waals surface area contributed by atoms with Gasteiger partial charge in [0.05, 0.1) is 12.2 Å². The molecule has 0 N–H and O–H groups in total. The number of hydrogen-bond donors (Lipinski definition) is 0. The molecule has 0 radical (unpaired) electrons. The van der Waals surface area contributed by atoms with Crippen molar-refractivity contribution in [3.63, 3.8) is 0 Å². The number of rotatable bonds is 6. The highest BCUT2D eigenvalue weighted by Gasteiger charge is 2.14. The first-order valence-electron chi connectivity index (χ1n) is 5.99. The fourth-order valence-corrected chi connectivity index (χ4v) is 1.20. The van der Waals surface area contributed by atoms with E-state index in [2.05, 4.69) is 0 Å². The van der Waals surface area contributed by atoms with Gasteiger partial charge in [-0.2, -0.15) is 0 Å². The van der Waals surface area contributed by atoms with Gasteiger partial charge in [-0.05, 0) is 34.1 Å². The van der Waals surface area contributed by atoms with Crippen LogP contribution in [0.5, 0.6) is 0 Å². The molecule has 4 heteroatoms. The van der Waals surface area contributed by atoms with Crippen LogP contribution in [0, 0.1) is 0 Å². The van der Waals surface area contributed by atoms with Crippen molar-refractivity contribution in [2.75, 3.05) is 0 Å². The van der Waals surface area contributed by atoms with Gasteiger partial charge in [-0.25, -0.2) is 9.59 Å². The van der Waals surface area contributed by atoms with Crippen LogP contribution in [-0.4, -0.2) is 24.1 Å². The zero-order valence-corrected chi connectivity index (χ0v) is 11.3. The average molecular weight is 242 g/mol. The fourth-order valence-electron chi connectivity index (χ4n) is 1.20. The Balaban J connectivity index is 4.65. The highest BCUT2D eigenvalue weighted by atomic mass is 16.5. The van der Waals surface area contributed by atoms with Gasteiger partial charge in [0.25, 0.3) is 0 Å². The second-order valence-corrected chi connectivity index (χ2v) is 4.36.